The summed E-state index contributed by atoms with van der Waals surface area (Å²) < 4.78 is 5.10. The molecule has 1 N–H and O–H groups in total. The molecule has 17 heavy (non-hydrogen) atoms. The van der Waals surface area contributed by atoms with Crippen LogP contribution in [0.3, 0.4) is 0 Å². The van der Waals surface area contributed by atoms with Crippen LogP contribution in [0.1, 0.15) is 50.0 Å². The van der Waals surface area contributed by atoms with Crippen LogP contribution in [-0.2, 0) is 11.3 Å². The van der Waals surface area contributed by atoms with Crippen LogP contribution in [0.15, 0.2) is 10.8 Å². The second-order valence-electron chi connectivity index (χ2n) is 4.76. The summed E-state index contributed by atoms with van der Waals surface area (Å²) in [5, 5.41) is 2.96. The standard InChI is InChI=1S/C13H20N2O2/c1-10-12(15-9-17-10)8-14-13(16)11-6-4-2-3-5-7-11/h9,11H,2-8H2,1H3,(H,14,16). The summed E-state index contributed by atoms with van der Waals surface area (Å²) in [6, 6.07) is 0. The zero-order valence-corrected chi connectivity index (χ0v) is 10.4. The van der Waals surface area contributed by atoms with Crippen LogP contribution in [0.25, 0.3) is 0 Å². The molecule has 0 spiro atoms. The number of amides is 1. The highest BCUT2D eigenvalue weighted by Gasteiger charge is 2.20. The number of nitrogens with one attached hydrogen (secondary N) is 1. The Balaban J connectivity index is 1.82. The van der Waals surface area contributed by atoms with Crippen molar-refractivity contribution in [3.8, 4) is 0 Å². The van der Waals surface area contributed by atoms with E-state index in [1.807, 2.05) is 6.92 Å². The number of aryl methyl sites for hydroxylation is 1. The first kappa shape index (κ1) is 12.1. The molecule has 1 aromatic rings. The summed E-state index contributed by atoms with van der Waals surface area (Å²) >= 11 is 0. The van der Waals surface area contributed by atoms with Gasteiger partial charge in [-0.3, -0.25) is 4.79 Å². The van der Waals surface area contributed by atoms with E-state index in [0.717, 1.165) is 24.3 Å². The van der Waals surface area contributed by atoms with Crippen molar-refractivity contribution < 1.29 is 9.21 Å². The van der Waals surface area contributed by atoms with Gasteiger partial charge in [-0.25, -0.2) is 4.98 Å². The van der Waals surface area contributed by atoms with Crippen molar-refractivity contribution in [2.45, 2.75) is 52.0 Å². The van der Waals surface area contributed by atoms with E-state index < -0.39 is 0 Å². The fraction of sp³-hybridized carbons (Fsp3) is 0.692. The molecule has 0 atom stereocenters. The lowest BCUT2D eigenvalue weighted by Gasteiger charge is -2.13. The molecule has 0 aromatic carbocycles. The minimum atomic E-state index is 0.175. The van der Waals surface area contributed by atoms with Crippen LogP contribution >= 0.6 is 0 Å². The fourth-order valence-corrected chi connectivity index (χ4v) is 2.35. The average molecular weight is 236 g/mol. The van der Waals surface area contributed by atoms with Crippen LogP contribution in [0, 0.1) is 12.8 Å². The predicted octanol–water partition coefficient (Wildman–Crippen LogP) is 2.57. The first-order valence-corrected chi connectivity index (χ1v) is 6.44. The number of rotatable bonds is 3. The smallest absolute Gasteiger partial charge is 0.223 e. The van der Waals surface area contributed by atoms with E-state index in [4.69, 9.17) is 4.42 Å². The highest BCUT2D eigenvalue weighted by molar-refractivity contribution is 5.78. The Bertz CT molecular complexity index is 365. The summed E-state index contributed by atoms with van der Waals surface area (Å²) in [5.41, 5.74) is 0.826. The van der Waals surface area contributed by atoms with Gasteiger partial charge in [0.1, 0.15) is 11.5 Å². The van der Waals surface area contributed by atoms with Crippen molar-refractivity contribution in [1.82, 2.24) is 10.3 Å². The lowest BCUT2D eigenvalue weighted by Crippen LogP contribution is -2.30. The first-order chi connectivity index (χ1) is 8.27. The highest BCUT2D eigenvalue weighted by Crippen LogP contribution is 2.22. The molecule has 4 heteroatoms. The van der Waals surface area contributed by atoms with Crippen LogP contribution in [-0.4, -0.2) is 10.9 Å². The molecule has 0 aliphatic heterocycles. The van der Waals surface area contributed by atoms with Crippen LogP contribution in [0.5, 0.6) is 0 Å². The van der Waals surface area contributed by atoms with Crippen molar-refractivity contribution in [2.24, 2.45) is 5.92 Å². The zero-order chi connectivity index (χ0) is 12.1. The SMILES string of the molecule is Cc1ocnc1CNC(=O)C1CCCCCC1. The van der Waals surface area contributed by atoms with E-state index in [2.05, 4.69) is 10.3 Å². The lowest BCUT2D eigenvalue weighted by atomic mass is 9.99. The zero-order valence-electron chi connectivity index (χ0n) is 10.4. The first-order valence-electron chi connectivity index (χ1n) is 6.44. The van der Waals surface area contributed by atoms with Crippen LogP contribution in [0.4, 0.5) is 0 Å². The molecule has 0 radical (unpaired) electrons. The number of hydrogen-bond donors (Lipinski definition) is 1. The molecule has 0 bridgehead atoms. The second-order valence-corrected chi connectivity index (χ2v) is 4.76. The Hall–Kier alpha value is -1.32. The average Bonchev–Trinajstić information content (AvgIpc) is 2.58. The maximum absolute atomic E-state index is 12.0. The van der Waals surface area contributed by atoms with Gasteiger partial charge >= 0.3 is 0 Å². The molecule has 94 valence electrons. The molecule has 1 heterocycles. The van der Waals surface area contributed by atoms with Gasteiger partial charge < -0.3 is 9.73 Å². The van der Waals surface area contributed by atoms with Gasteiger partial charge in [0, 0.05) is 5.92 Å². The number of hydrogen-bond acceptors (Lipinski definition) is 3. The summed E-state index contributed by atoms with van der Waals surface area (Å²) in [6.07, 6.45) is 8.39. The molecule has 1 aliphatic carbocycles. The van der Waals surface area contributed by atoms with Gasteiger partial charge in [0.15, 0.2) is 6.39 Å². The van der Waals surface area contributed by atoms with Crippen LogP contribution < -0.4 is 5.32 Å². The van der Waals surface area contributed by atoms with Crippen molar-refractivity contribution >= 4 is 5.91 Å². The Morgan fingerprint density at radius 3 is 2.71 bits per heavy atom. The van der Waals surface area contributed by atoms with Crippen molar-refractivity contribution in [3.05, 3.63) is 17.8 Å². The minimum absolute atomic E-state index is 0.175. The maximum atomic E-state index is 12.0. The Morgan fingerprint density at radius 1 is 1.41 bits per heavy atom. The van der Waals surface area contributed by atoms with Gasteiger partial charge in [0.25, 0.3) is 0 Å². The van der Waals surface area contributed by atoms with Gasteiger partial charge in [-0.15, -0.1) is 0 Å². The van der Waals surface area contributed by atoms with E-state index in [1.165, 1.54) is 32.1 Å². The van der Waals surface area contributed by atoms with E-state index in [9.17, 15) is 4.79 Å². The van der Waals surface area contributed by atoms with Gasteiger partial charge in [0.2, 0.25) is 5.91 Å². The number of oxazole rings is 1. The largest absolute Gasteiger partial charge is 0.448 e. The van der Waals surface area contributed by atoms with Gasteiger partial charge in [0.05, 0.1) is 6.54 Å². The van der Waals surface area contributed by atoms with Crippen LogP contribution in [0.2, 0.25) is 0 Å². The highest BCUT2D eigenvalue weighted by atomic mass is 16.3. The molecule has 1 amide bonds. The van der Waals surface area contributed by atoms with Crippen molar-refractivity contribution in [1.29, 1.82) is 0 Å². The summed E-state index contributed by atoms with van der Waals surface area (Å²) in [7, 11) is 0. The second kappa shape index (κ2) is 5.84. The fourth-order valence-electron chi connectivity index (χ4n) is 2.35. The summed E-state index contributed by atoms with van der Waals surface area (Å²) in [6.45, 7) is 2.35. The summed E-state index contributed by atoms with van der Waals surface area (Å²) in [4.78, 5) is 16.1. The molecular formula is C13H20N2O2. The van der Waals surface area contributed by atoms with E-state index >= 15 is 0 Å². The Labute approximate surface area is 102 Å². The third kappa shape index (κ3) is 3.32. The third-order valence-electron chi connectivity index (χ3n) is 3.50. The molecule has 0 saturated heterocycles. The minimum Gasteiger partial charge on any atom is -0.448 e. The Morgan fingerprint density at radius 2 is 2.12 bits per heavy atom. The molecular weight excluding hydrogens is 216 g/mol. The van der Waals surface area contributed by atoms with E-state index in [-0.39, 0.29) is 11.8 Å². The predicted molar refractivity (Wildman–Crippen MR) is 64.3 cm³/mol. The van der Waals surface area contributed by atoms with E-state index in [1.54, 1.807) is 0 Å². The monoisotopic (exact) mass is 236 g/mol. The molecule has 1 fully saturated rings. The topological polar surface area (TPSA) is 55.1 Å². The van der Waals surface area contributed by atoms with Gasteiger partial charge in [-0.05, 0) is 19.8 Å². The molecule has 2 rings (SSSR count). The molecule has 1 aromatic heterocycles. The molecule has 1 aliphatic rings. The Kier molecular flexibility index (Phi) is 4.18. The number of carbonyl (C=O) groups excluding carboxylic acids is 1. The van der Waals surface area contributed by atoms with Crippen molar-refractivity contribution in [2.75, 3.05) is 0 Å². The summed E-state index contributed by atoms with van der Waals surface area (Å²) in [5.74, 6) is 1.16. The number of nitrogens with zero attached hydrogens (tertiary/aromatic N) is 1. The molecule has 1 saturated carbocycles. The van der Waals surface area contributed by atoms with Gasteiger partial charge in [-0.2, -0.15) is 0 Å². The third-order valence-corrected chi connectivity index (χ3v) is 3.50. The maximum Gasteiger partial charge on any atom is 0.223 e. The normalized spacial score (nSPS) is 17.7. The molecule has 0 unspecified atom stereocenters. The molecule has 4 nitrogen and oxygen atoms in total. The van der Waals surface area contributed by atoms with Gasteiger partial charge in [-0.1, -0.05) is 25.7 Å². The number of aromatic nitrogens is 1. The van der Waals surface area contributed by atoms with Crippen molar-refractivity contribution in [3.63, 3.8) is 0 Å². The number of carbonyl (C=O) groups is 1. The quantitative estimate of drug-likeness (QED) is 0.821. The van der Waals surface area contributed by atoms with E-state index in [0.29, 0.717) is 6.54 Å². The lowest BCUT2D eigenvalue weighted by molar-refractivity contribution is -0.125.